The van der Waals surface area contributed by atoms with Crippen molar-refractivity contribution < 1.29 is 23.1 Å². The number of imide groups is 1. The topological polar surface area (TPSA) is 72.6 Å². The van der Waals surface area contributed by atoms with Crippen LogP contribution in [0, 0.1) is 39.3 Å². The molecule has 0 atom stereocenters. The van der Waals surface area contributed by atoms with Crippen molar-refractivity contribution in [2.75, 3.05) is 4.90 Å². The number of benzene rings is 3. The van der Waals surface area contributed by atoms with Crippen molar-refractivity contribution in [2.24, 2.45) is 5.73 Å². The third-order valence-electron chi connectivity index (χ3n) is 4.88. The quantitative estimate of drug-likeness (QED) is 0.493. The molecule has 3 aromatic carbocycles. The van der Waals surface area contributed by atoms with E-state index in [1.54, 1.807) is 13.8 Å². The second-order valence-corrected chi connectivity index (χ2v) is 7.86. The first-order chi connectivity index (χ1) is 15.0. The maximum Gasteiger partial charge on any atom is 0.326 e. The highest BCUT2D eigenvalue weighted by Gasteiger charge is 2.30. The molecule has 166 valence electrons. The fourth-order valence-corrected chi connectivity index (χ4v) is 3.73. The van der Waals surface area contributed by atoms with E-state index in [-0.39, 0.29) is 16.3 Å². The zero-order valence-corrected chi connectivity index (χ0v) is 18.7. The Kier molecular flexibility index (Phi) is 6.50. The number of anilines is 1. The highest BCUT2D eigenvalue weighted by Crippen LogP contribution is 2.41. The molecule has 0 unspecified atom stereocenters. The van der Waals surface area contributed by atoms with E-state index in [9.17, 15) is 18.4 Å². The van der Waals surface area contributed by atoms with Crippen molar-refractivity contribution in [2.45, 2.75) is 27.7 Å². The number of halogens is 3. The molecule has 0 aliphatic carbocycles. The second-order valence-electron chi connectivity index (χ2n) is 7.48. The van der Waals surface area contributed by atoms with Gasteiger partial charge in [-0.3, -0.25) is 4.79 Å². The molecule has 2 N–H and O–H groups in total. The Morgan fingerprint density at radius 1 is 0.969 bits per heavy atom. The smallest absolute Gasteiger partial charge is 0.326 e. The zero-order chi connectivity index (χ0) is 23.7. The maximum absolute atomic E-state index is 14.2. The van der Waals surface area contributed by atoms with Crippen LogP contribution in [0.1, 0.15) is 32.6 Å². The van der Waals surface area contributed by atoms with Gasteiger partial charge in [-0.05, 0) is 80.3 Å². The van der Waals surface area contributed by atoms with E-state index in [4.69, 9.17) is 22.1 Å². The van der Waals surface area contributed by atoms with Crippen LogP contribution < -0.4 is 15.4 Å². The Morgan fingerprint density at radius 2 is 1.53 bits per heavy atom. The minimum absolute atomic E-state index is 0.000394. The SMILES string of the molecule is Cc1cc(C)cc(Oc2c(C)cc(N(C(N)=O)C(=O)c3c(F)cccc3F)c(C)c2Cl)c1. The van der Waals surface area contributed by atoms with Crippen molar-refractivity contribution in [1.29, 1.82) is 0 Å². The van der Waals surface area contributed by atoms with Gasteiger partial charge in [0.15, 0.2) is 0 Å². The largest absolute Gasteiger partial charge is 0.455 e. The predicted molar refractivity (Wildman–Crippen MR) is 120 cm³/mol. The Hall–Kier alpha value is -3.45. The van der Waals surface area contributed by atoms with E-state index >= 15 is 0 Å². The number of carbonyl (C=O) groups is 2. The van der Waals surface area contributed by atoms with Crippen LogP contribution in [-0.2, 0) is 0 Å². The highest BCUT2D eigenvalue weighted by molar-refractivity contribution is 6.34. The molecular formula is C24H21ClF2N2O3. The summed E-state index contributed by atoms with van der Waals surface area (Å²) in [4.78, 5) is 25.6. The number of nitrogens with two attached hydrogens (primary N) is 1. The molecule has 0 aliphatic heterocycles. The molecule has 0 saturated carbocycles. The average Bonchev–Trinajstić information content (AvgIpc) is 2.68. The highest BCUT2D eigenvalue weighted by atomic mass is 35.5. The van der Waals surface area contributed by atoms with Gasteiger partial charge in [0.1, 0.15) is 28.7 Å². The van der Waals surface area contributed by atoms with Gasteiger partial charge in [0.25, 0.3) is 5.91 Å². The minimum atomic E-state index is -1.24. The Morgan fingerprint density at radius 3 is 2.06 bits per heavy atom. The third-order valence-corrected chi connectivity index (χ3v) is 5.34. The summed E-state index contributed by atoms with van der Waals surface area (Å²) in [5.41, 5.74) is 7.29. The Balaban J connectivity index is 2.10. The van der Waals surface area contributed by atoms with Crippen LogP contribution >= 0.6 is 11.6 Å². The van der Waals surface area contributed by atoms with Gasteiger partial charge < -0.3 is 10.5 Å². The summed E-state index contributed by atoms with van der Waals surface area (Å²) in [6.45, 7) is 7.08. The summed E-state index contributed by atoms with van der Waals surface area (Å²) in [6, 6.07) is 8.87. The molecule has 3 amide bonds. The van der Waals surface area contributed by atoms with E-state index < -0.39 is 29.1 Å². The van der Waals surface area contributed by atoms with Gasteiger partial charge in [-0.15, -0.1) is 0 Å². The first-order valence-corrected chi connectivity index (χ1v) is 10.0. The van der Waals surface area contributed by atoms with Gasteiger partial charge in [0.05, 0.1) is 10.7 Å². The number of aryl methyl sites for hydroxylation is 3. The van der Waals surface area contributed by atoms with Crippen molar-refractivity contribution in [1.82, 2.24) is 0 Å². The summed E-state index contributed by atoms with van der Waals surface area (Å²) in [7, 11) is 0. The van der Waals surface area contributed by atoms with E-state index in [0.29, 0.717) is 22.0 Å². The molecule has 3 aromatic rings. The van der Waals surface area contributed by atoms with Crippen LogP contribution in [0.2, 0.25) is 5.02 Å². The van der Waals surface area contributed by atoms with Crippen molar-refractivity contribution in [3.8, 4) is 11.5 Å². The molecule has 0 aromatic heterocycles. The normalized spacial score (nSPS) is 10.7. The number of nitrogens with zero attached hydrogens (tertiary/aromatic N) is 1. The van der Waals surface area contributed by atoms with Gasteiger partial charge in [-0.25, -0.2) is 18.5 Å². The lowest BCUT2D eigenvalue weighted by Crippen LogP contribution is -2.42. The van der Waals surface area contributed by atoms with Gasteiger partial charge in [0, 0.05) is 0 Å². The van der Waals surface area contributed by atoms with Crippen LogP contribution in [0.15, 0.2) is 42.5 Å². The first kappa shape index (κ1) is 23.2. The zero-order valence-electron chi connectivity index (χ0n) is 17.9. The minimum Gasteiger partial charge on any atom is -0.455 e. The van der Waals surface area contributed by atoms with Gasteiger partial charge in [-0.2, -0.15) is 0 Å². The number of hydrogen-bond acceptors (Lipinski definition) is 3. The maximum atomic E-state index is 14.2. The molecule has 3 rings (SSSR count). The number of ether oxygens (including phenoxy) is 1. The lowest BCUT2D eigenvalue weighted by molar-refractivity contribution is 0.0987. The second kappa shape index (κ2) is 8.96. The van der Waals surface area contributed by atoms with Gasteiger partial charge in [0.2, 0.25) is 0 Å². The molecule has 0 spiro atoms. The van der Waals surface area contributed by atoms with Crippen LogP contribution in [0.3, 0.4) is 0 Å². The monoisotopic (exact) mass is 458 g/mol. The van der Waals surface area contributed by atoms with E-state index in [0.717, 1.165) is 29.3 Å². The van der Waals surface area contributed by atoms with E-state index in [1.807, 2.05) is 32.0 Å². The average molecular weight is 459 g/mol. The summed E-state index contributed by atoms with van der Waals surface area (Å²) >= 11 is 6.53. The number of rotatable bonds is 4. The molecule has 0 saturated heterocycles. The molecule has 0 bridgehead atoms. The predicted octanol–water partition coefficient (Wildman–Crippen LogP) is 6.37. The molecule has 32 heavy (non-hydrogen) atoms. The molecule has 0 heterocycles. The van der Waals surface area contributed by atoms with Crippen LogP contribution in [0.4, 0.5) is 19.3 Å². The van der Waals surface area contributed by atoms with Gasteiger partial charge >= 0.3 is 6.03 Å². The lowest BCUT2D eigenvalue weighted by Gasteiger charge is -2.24. The van der Waals surface area contributed by atoms with Crippen LogP contribution in [-0.4, -0.2) is 11.9 Å². The number of hydrogen-bond donors (Lipinski definition) is 1. The van der Waals surface area contributed by atoms with Crippen LogP contribution in [0.5, 0.6) is 11.5 Å². The molecule has 0 radical (unpaired) electrons. The molecular weight excluding hydrogens is 438 g/mol. The van der Waals surface area contributed by atoms with Gasteiger partial charge in [-0.1, -0.05) is 23.7 Å². The number of primary amides is 1. The fourth-order valence-electron chi connectivity index (χ4n) is 3.44. The molecule has 8 heteroatoms. The fraction of sp³-hybridized carbons (Fsp3) is 0.167. The number of carbonyl (C=O) groups excluding carboxylic acids is 2. The molecule has 0 aliphatic rings. The van der Waals surface area contributed by atoms with Crippen molar-refractivity contribution in [3.05, 3.63) is 86.9 Å². The number of amides is 3. The molecule has 5 nitrogen and oxygen atoms in total. The summed E-state index contributed by atoms with van der Waals surface area (Å²) in [5, 5.41) is 0.132. The summed E-state index contributed by atoms with van der Waals surface area (Å²) in [5.74, 6) is -2.58. The summed E-state index contributed by atoms with van der Waals surface area (Å²) in [6.07, 6.45) is 0. The third kappa shape index (κ3) is 4.43. The summed E-state index contributed by atoms with van der Waals surface area (Å²) < 4.78 is 34.4. The van der Waals surface area contributed by atoms with Crippen molar-refractivity contribution >= 4 is 29.2 Å². The Bertz CT molecular complexity index is 1200. The first-order valence-electron chi connectivity index (χ1n) is 9.65. The standard InChI is InChI=1S/C24H21ClF2N2O3/c1-12-8-13(2)10-16(9-12)32-22-14(3)11-19(15(4)21(22)25)29(24(28)31)23(30)20-17(26)6-5-7-18(20)27/h5-11H,1-4H3,(H2,28,31). The lowest BCUT2D eigenvalue weighted by atomic mass is 10.1. The Labute approximate surface area is 189 Å². The van der Waals surface area contributed by atoms with Crippen molar-refractivity contribution in [3.63, 3.8) is 0 Å². The number of urea groups is 1. The van der Waals surface area contributed by atoms with Crippen LogP contribution in [0.25, 0.3) is 0 Å². The van der Waals surface area contributed by atoms with E-state index in [2.05, 4.69) is 0 Å². The van der Waals surface area contributed by atoms with E-state index in [1.165, 1.54) is 6.07 Å². The molecule has 0 fully saturated rings.